The van der Waals surface area contributed by atoms with Gasteiger partial charge >= 0.3 is 0 Å². The Labute approximate surface area is 193 Å². The molecule has 1 aliphatic heterocycles. The fraction of sp³-hybridized carbons (Fsp3) is 0.478. The maximum Gasteiger partial charge on any atom is 0.267 e. The molecule has 8 heteroatoms. The van der Waals surface area contributed by atoms with Gasteiger partial charge in [-0.25, -0.2) is 4.98 Å². The number of nitrogens with one attached hydrogen (secondary N) is 1. The Kier molecular flexibility index (Phi) is 7.89. The molecule has 1 aliphatic rings. The van der Waals surface area contributed by atoms with Crippen molar-refractivity contribution in [2.75, 3.05) is 18.4 Å². The number of thioether (sulfide) groups is 1. The lowest BCUT2D eigenvalue weighted by Crippen LogP contribution is -2.33. The fourth-order valence-corrected chi connectivity index (χ4v) is 4.96. The first-order chi connectivity index (χ1) is 14.9. The van der Waals surface area contributed by atoms with Crippen molar-refractivity contribution >= 4 is 51.7 Å². The van der Waals surface area contributed by atoms with Crippen LogP contribution in [0.4, 0.5) is 5.82 Å². The van der Waals surface area contributed by atoms with Gasteiger partial charge in [-0.2, -0.15) is 0 Å². The number of fused-ring (bicyclic) bond motifs is 1. The van der Waals surface area contributed by atoms with Crippen LogP contribution in [0.3, 0.4) is 0 Å². The summed E-state index contributed by atoms with van der Waals surface area (Å²) in [5.41, 5.74) is 1.69. The average Bonchev–Trinajstić information content (AvgIpc) is 3.01. The third-order valence-electron chi connectivity index (χ3n) is 5.56. The molecule has 0 aliphatic carbocycles. The van der Waals surface area contributed by atoms with Crippen molar-refractivity contribution in [3.63, 3.8) is 0 Å². The minimum Gasteiger partial charge on any atom is -0.370 e. The summed E-state index contributed by atoms with van der Waals surface area (Å²) in [5.74, 6) is 0.789. The van der Waals surface area contributed by atoms with E-state index in [0.717, 1.165) is 31.2 Å². The van der Waals surface area contributed by atoms with Crippen LogP contribution in [0.5, 0.6) is 0 Å². The SMILES string of the molecule is CCCCC(CC)CN1C(=O)C(=Cc2c(NCC)nc3c(C)cccn3c2=O)SC1=S. The lowest BCUT2D eigenvalue weighted by molar-refractivity contribution is -0.122. The molecule has 6 nitrogen and oxygen atoms in total. The highest BCUT2D eigenvalue weighted by atomic mass is 32.2. The second kappa shape index (κ2) is 10.4. The lowest BCUT2D eigenvalue weighted by Gasteiger charge is -2.21. The van der Waals surface area contributed by atoms with Gasteiger partial charge < -0.3 is 5.32 Å². The van der Waals surface area contributed by atoms with Gasteiger partial charge in [0.25, 0.3) is 11.5 Å². The van der Waals surface area contributed by atoms with Gasteiger partial charge in [-0.15, -0.1) is 0 Å². The molecule has 2 aromatic rings. The Morgan fingerprint density at radius 3 is 2.74 bits per heavy atom. The highest BCUT2D eigenvalue weighted by Gasteiger charge is 2.33. The largest absolute Gasteiger partial charge is 0.370 e. The number of aromatic nitrogens is 2. The summed E-state index contributed by atoms with van der Waals surface area (Å²) in [6, 6.07) is 3.74. The van der Waals surface area contributed by atoms with E-state index in [1.165, 1.54) is 16.2 Å². The topological polar surface area (TPSA) is 66.7 Å². The van der Waals surface area contributed by atoms with Crippen LogP contribution >= 0.6 is 24.0 Å². The van der Waals surface area contributed by atoms with Gasteiger partial charge in [0.05, 0.1) is 10.5 Å². The molecule has 1 atom stereocenters. The van der Waals surface area contributed by atoms with Crippen LogP contribution < -0.4 is 10.9 Å². The number of aryl methyl sites for hydroxylation is 1. The van der Waals surface area contributed by atoms with Crippen molar-refractivity contribution in [2.45, 2.75) is 53.4 Å². The van der Waals surface area contributed by atoms with Crippen molar-refractivity contribution in [1.82, 2.24) is 14.3 Å². The molecule has 166 valence electrons. The van der Waals surface area contributed by atoms with Gasteiger partial charge in [0.2, 0.25) is 0 Å². The van der Waals surface area contributed by atoms with E-state index in [4.69, 9.17) is 12.2 Å². The monoisotopic (exact) mass is 458 g/mol. The molecule has 1 N–H and O–H groups in total. The van der Waals surface area contributed by atoms with Gasteiger partial charge in [0.1, 0.15) is 15.8 Å². The number of amides is 1. The number of carbonyl (C=O) groups excluding carboxylic acids is 1. The number of nitrogens with zero attached hydrogens (tertiary/aromatic N) is 3. The smallest absolute Gasteiger partial charge is 0.267 e. The minimum absolute atomic E-state index is 0.124. The summed E-state index contributed by atoms with van der Waals surface area (Å²) in [4.78, 5) is 33.2. The molecule has 3 heterocycles. The van der Waals surface area contributed by atoms with Gasteiger partial charge in [0, 0.05) is 19.3 Å². The van der Waals surface area contributed by atoms with E-state index < -0.39 is 0 Å². The summed E-state index contributed by atoms with van der Waals surface area (Å²) in [6.07, 6.45) is 7.73. The van der Waals surface area contributed by atoms with E-state index in [1.54, 1.807) is 17.2 Å². The van der Waals surface area contributed by atoms with Crippen LogP contribution in [0.25, 0.3) is 11.7 Å². The zero-order chi connectivity index (χ0) is 22.5. The molecule has 3 rings (SSSR count). The van der Waals surface area contributed by atoms with Gasteiger partial charge in [0.15, 0.2) is 0 Å². The molecule has 1 unspecified atom stereocenters. The van der Waals surface area contributed by atoms with E-state index in [-0.39, 0.29) is 11.5 Å². The van der Waals surface area contributed by atoms with Crippen molar-refractivity contribution in [3.05, 3.63) is 44.7 Å². The summed E-state index contributed by atoms with van der Waals surface area (Å²) in [6.45, 7) is 9.45. The molecule has 0 spiro atoms. The minimum atomic E-state index is -0.204. The number of carbonyl (C=O) groups is 1. The normalized spacial score (nSPS) is 16.5. The maximum absolute atomic E-state index is 13.2. The summed E-state index contributed by atoms with van der Waals surface area (Å²) < 4.78 is 2.08. The molecule has 1 fully saturated rings. The highest BCUT2D eigenvalue weighted by molar-refractivity contribution is 8.26. The van der Waals surface area contributed by atoms with E-state index in [0.29, 0.717) is 45.3 Å². The first-order valence-corrected chi connectivity index (χ1v) is 12.1. The van der Waals surface area contributed by atoms with Crippen LogP contribution in [0.2, 0.25) is 0 Å². The molecular formula is C23H30N4O2S2. The van der Waals surface area contributed by atoms with E-state index >= 15 is 0 Å². The third kappa shape index (κ3) is 5.01. The van der Waals surface area contributed by atoms with E-state index in [2.05, 4.69) is 24.1 Å². The quantitative estimate of drug-likeness (QED) is 0.428. The summed E-state index contributed by atoms with van der Waals surface area (Å²) >= 11 is 6.78. The molecule has 0 bridgehead atoms. The molecule has 1 saturated heterocycles. The van der Waals surface area contributed by atoms with Crippen LogP contribution in [0.15, 0.2) is 28.0 Å². The van der Waals surface area contributed by atoms with Gasteiger partial charge in [-0.3, -0.25) is 18.9 Å². The van der Waals surface area contributed by atoms with Crippen molar-refractivity contribution in [1.29, 1.82) is 0 Å². The molecule has 31 heavy (non-hydrogen) atoms. The third-order valence-corrected chi connectivity index (χ3v) is 6.94. The Hall–Kier alpha value is -2.19. The van der Waals surface area contributed by atoms with E-state index in [9.17, 15) is 9.59 Å². The second-order valence-electron chi connectivity index (χ2n) is 7.80. The predicted molar refractivity (Wildman–Crippen MR) is 134 cm³/mol. The zero-order valence-electron chi connectivity index (χ0n) is 18.6. The molecular weight excluding hydrogens is 428 g/mol. The molecule has 2 aromatic heterocycles. The molecule has 0 radical (unpaired) electrons. The number of pyridine rings is 1. The number of thiocarbonyl (C=S) groups is 1. The first-order valence-electron chi connectivity index (χ1n) is 10.9. The Bertz CT molecular complexity index is 1080. The number of hydrogen-bond acceptors (Lipinski definition) is 6. The van der Waals surface area contributed by atoms with Gasteiger partial charge in [-0.05, 0) is 43.9 Å². The Morgan fingerprint density at radius 1 is 1.29 bits per heavy atom. The molecule has 0 aromatic carbocycles. The molecule has 1 amide bonds. The maximum atomic E-state index is 13.2. The average molecular weight is 459 g/mol. The number of rotatable bonds is 9. The zero-order valence-corrected chi connectivity index (χ0v) is 20.2. The first kappa shape index (κ1) is 23.5. The second-order valence-corrected chi connectivity index (χ2v) is 9.48. The van der Waals surface area contributed by atoms with Crippen molar-refractivity contribution < 1.29 is 4.79 Å². The van der Waals surface area contributed by atoms with Crippen LogP contribution in [0.1, 0.15) is 57.6 Å². The lowest BCUT2D eigenvalue weighted by atomic mass is 9.99. The van der Waals surface area contributed by atoms with Crippen molar-refractivity contribution in [2.24, 2.45) is 5.92 Å². The Balaban J connectivity index is 1.98. The fourth-order valence-electron chi connectivity index (χ4n) is 3.71. The van der Waals surface area contributed by atoms with Crippen molar-refractivity contribution in [3.8, 4) is 0 Å². The number of unbranched alkanes of at least 4 members (excludes halogenated alkanes) is 1. The van der Waals surface area contributed by atoms with Crippen LogP contribution in [-0.4, -0.2) is 37.6 Å². The standard InChI is InChI=1S/C23H30N4O2S2/c1-5-8-11-16(6-2)14-27-22(29)18(31-23(27)30)13-17-19(24-7-3)25-20-15(4)10-9-12-26(20)21(17)28/h9-10,12-13,16,24H,5-8,11,14H2,1-4H3. The highest BCUT2D eigenvalue weighted by Crippen LogP contribution is 2.34. The summed E-state index contributed by atoms with van der Waals surface area (Å²) in [5, 5.41) is 3.18. The molecule has 0 saturated carbocycles. The predicted octanol–water partition coefficient (Wildman–Crippen LogP) is 4.85. The Morgan fingerprint density at radius 2 is 2.06 bits per heavy atom. The summed E-state index contributed by atoms with van der Waals surface area (Å²) in [7, 11) is 0. The van der Waals surface area contributed by atoms with E-state index in [1.807, 2.05) is 26.0 Å². The number of hydrogen-bond donors (Lipinski definition) is 1. The van der Waals surface area contributed by atoms with Crippen LogP contribution in [-0.2, 0) is 4.79 Å². The van der Waals surface area contributed by atoms with Crippen LogP contribution in [0, 0.1) is 12.8 Å². The van der Waals surface area contributed by atoms with Gasteiger partial charge in [-0.1, -0.05) is 63.2 Å². The number of anilines is 1.